The smallest absolute Gasteiger partial charge is 0.350 e. The Morgan fingerprint density at radius 2 is 1.86 bits per heavy atom. The first-order valence-corrected chi connectivity index (χ1v) is 6.25. The minimum absolute atomic E-state index is 0.0381. The van der Waals surface area contributed by atoms with Gasteiger partial charge in [0, 0.05) is 0 Å². The van der Waals surface area contributed by atoms with E-state index < -0.39 is 12.1 Å². The average Bonchev–Trinajstić information content (AvgIpc) is 2.53. The van der Waals surface area contributed by atoms with Crippen LogP contribution in [0.5, 0.6) is 11.5 Å². The van der Waals surface area contributed by atoms with Gasteiger partial charge in [-0.1, -0.05) is 30.3 Å². The van der Waals surface area contributed by atoms with E-state index in [1.807, 2.05) is 30.3 Å². The van der Waals surface area contributed by atoms with Crippen LogP contribution in [0.2, 0.25) is 0 Å². The molecular formula is C16H13NO4. The summed E-state index contributed by atoms with van der Waals surface area (Å²) >= 11 is 0. The van der Waals surface area contributed by atoms with Crippen LogP contribution in [-0.4, -0.2) is 17.2 Å². The van der Waals surface area contributed by atoms with Gasteiger partial charge in [-0.25, -0.2) is 4.79 Å². The number of carbonyl (C=O) groups is 1. The highest BCUT2D eigenvalue weighted by Gasteiger charge is 2.15. The Morgan fingerprint density at radius 3 is 2.57 bits per heavy atom. The van der Waals surface area contributed by atoms with E-state index in [0.29, 0.717) is 17.1 Å². The molecule has 106 valence electrons. The molecule has 0 fully saturated rings. The summed E-state index contributed by atoms with van der Waals surface area (Å²) in [7, 11) is 0. The summed E-state index contributed by atoms with van der Waals surface area (Å²) in [4.78, 5) is 11.2. The molecule has 0 aromatic heterocycles. The molecule has 1 atom stereocenters. The fraction of sp³-hybridized carbons (Fsp3) is 0.125. The van der Waals surface area contributed by atoms with Gasteiger partial charge in [-0.2, -0.15) is 5.26 Å². The van der Waals surface area contributed by atoms with E-state index in [0.717, 1.165) is 0 Å². The second kappa shape index (κ2) is 7.08. The number of aliphatic hydroxyl groups is 1. The van der Waals surface area contributed by atoms with Crippen molar-refractivity contribution in [1.29, 1.82) is 5.26 Å². The number of carbonyl (C=O) groups excluding carboxylic acids is 1. The molecule has 2 rings (SSSR count). The summed E-state index contributed by atoms with van der Waals surface area (Å²) in [5.74, 6) is 0.342. The van der Waals surface area contributed by atoms with Crippen molar-refractivity contribution in [2.24, 2.45) is 0 Å². The lowest BCUT2D eigenvalue weighted by Crippen LogP contribution is -2.20. The molecule has 21 heavy (non-hydrogen) atoms. The van der Waals surface area contributed by atoms with Gasteiger partial charge in [-0.05, 0) is 29.8 Å². The molecule has 0 heterocycles. The van der Waals surface area contributed by atoms with Gasteiger partial charge in [-0.3, -0.25) is 0 Å². The van der Waals surface area contributed by atoms with Crippen molar-refractivity contribution < 1.29 is 19.4 Å². The van der Waals surface area contributed by atoms with E-state index >= 15 is 0 Å². The maximum Gasteiger partial charge on any atom is 0.350 e. The second-order valence-corrected chi connectivity index (χ2v) is 4.20. The van der Waals surface area contributed by atoms with E-state index in [-0.39, 0.29) is 6.61 Å². The summed E-state index contributed by atoms with van der Waals surface area (Å²) in [5, 5.41) is 17.4. The molecule has 0 aliphatic heterocycles. The lowest BCUT2D eigenvalue weighted by Gasteiger charge is -2.08. The van der Waals surface area contributed by atoms with Crippen molar-refractivity contribution in [3.63, 3.8) is 0 Å². The Balaban J connectivity index is 1.98. The highest BCUT2D eigenvalue weighted by molar-refractivity contribution is 5.77. The zero-order valence-electron chi connectivity index (χ0n) is 11.1. The van der Waals surface area contributed by atoms with Crippen molar-refractivity contribution in [3.05, 3.63) is 60.2 Å². The predicted molar refractivity (Wildman–Crippen MR) is 74.4 cm³/mol. The van der Waals surface area contributed by atoms with E-state index in [4.69, 9.17) is 19.8 Å². The summed E-state index contributed by atoms with van der Waals surface area (Å²) in [6.45, 7) is -0.0381. The molecular weight excluding hydrogens is 270 g/mol. The number of nitriles is 1. The summed E-state index contributed by atoms with van der Waals surface area (Å²) in [6, 6.07) is 17.7. The number of para-hydroxylation sites is 1. The normalized spacial score (nSPS) is 11.2. The molecule has 2 aromatic carbocycles. The lowest BCUT2D eigenvalue weighted by molar-refractivity contribution is -0.151. The monoisotopic (exact) mass is 283 g/mol. The number of hydrogen-bond acceptors (Lipinski definition) is 5. The Bertz CT molecular complexity index is 649. The number of rotatable bonds is 5. The van der Waals surface area contributed by atoms with Gasteiger partial charge in [0.05, 0.1) is 0 Å². The third-order valence-electron chi connectivity index (χ3n) is 2.60. The van der Waals surface area contributed by atoms with Crippen LogP contribution in [0.1, 0.15) is 5.56 Å². The molecule has 0 saturated carbocycles. The largest absolute Gasteiger partial charge is 0.458 e. The van der Waals surface area contributed by atoms with Crippen LogP contribution >= 0.6 is 0 Å². The fourth-order valence-electron chi connectivity index (χ4n) is 1.61. The number of aliphatic hydroxyl groups excluding tert-OH is 1. The average molecular weight is 283 g/mol. The van der Waals surface area contributed by atoms with Gasteiger partial charge in [-0.15, -0.1) is 0 Å². The summed E-state index contributed by atoms with van der Waals surface area (Å²) in [6.07, 6.45) is -1.76. The van der Waals surface area contributed by atoms with Crippen molar-refractivity contribution >= 4 is 5.97 Å². The Hall–Kier alpha value is -2.84. The van der Waals surface area contributed by atoms with Crippen molar-refractivity contribution in [1.82, 2.24) is 0 Å². The standard InChI is InChI=1S/C16H13NO4/c17-10-15(18)16(19)20-11-12-5-4-8-14(9-12)21-13-6-2-1-3-7-13/h1-9,15,18H,11H2. The zero-order valence-corrected chi connectivity index (χ0v) is 11.1. The third-order valence-corrected chi connectivity index (χ3v) is 2.60. The SMILES string of the molecule is N#CC(O)C(=O)OCc1cccc(Oc2ccccc2)c1. The van der Waals surface area contributed by atoms with E-state index in [2.05, 4.69) is 0 Å². The first kappa shape index (κ1) is 14.6. The molecule has 1 N–H and O–H groups in total. The van der Waals surface area contributed by atoms with Crippen LogP contribution in [0.3, 0.4) is 0 Å². The molecule has 0 amide bonds. The molecule has 2 aromatic rings. The van der Waals surface area contributed by atoms with Crippen molar-refractivity contribution in [3.8, 4) is 17.6 Å². The zero-order chi connectivity index (χ0) is 15.1. The van der Waals surface area contributed by atoms with Crippen LogP contribution in [0.15, 0.2) is 54.6 Å². The number of ether oxygens (including phenoxy) is 2. The number of esters is 1. The molecule has 0 saturated heterocycles. The molecule has 0 spiro atoms. The number of hydrogen-bond donors (Lipinski definition) is 1. The number of nitrogens with zero attached hydrogens (tertiary/aromatic N) is 1. The van der Waals surface area contributed by atoms with Crippen LogP contribution in [0.4, 0.5) is 0 Å². The Kier molecular flexibility index (Phi) is 4.91. The van der Waals surface area contributed by atoms with Gasteiger partial charge in [0.2, 0.25) is 6.10 Å². The van der Waals surface area contributed by atoms with Gasteiger partial charge in [0.15, 0.2) is 0 Å². The Labute approximate surface area is 122 Å². The van der Waals surface area contributed by atoms with Crippen molar-refractivity contribution in [2.75, 3.05) is 0 Å². The first-order valence-electron chi connectivity index (χ1n) is 6.25. The van der Waals surface area contributed by atoms with E-state index in [1.54, 1.807) is 24.3 Å². The highest BCUT2D eigenvalue weighted by Crippen LogP contribution is 2.22. The van der Waals surface area contributed by atoms with Crippen LogP contribution in [-0.2, 0) is 16.1 Å². The predicted octanol–water partition coefficient (Wildman–Crippen LogP) is 2.41. The van der Waals surface area contributed by atoms with Gasteiger partial charge < -0.3 is 14.6 Å². The molecule has 0 aliphatic rings. The fourth-order valence-corrected chi connectivity index (χ4v) is 1.61. The lowest BCUT2D eigenvalue weighted by atomic mass is 10.2. The van der Waals surface area contributed by atoms with Crippen molar-refractivity contribution in [2.45, 2.75) is 12.7 Å². The van der Waals surface area contributed by atoms with Crippen LogP contribution in [0.25, 0.3) is 0 Å². The van der Waals surface area contributed by atoms with Gasteiger partial charge >= 0.3 is 5.97 Å². The molecule has 5 nitrogen and oxygen atoms in total. The minimum atomic E-state index is -1.76. The summed E-state index contributed by atoms with van der Waals surface area (Å²) < 4.78 is 10.5. The quantitative estimate of drug-likeness (QED) is 0.673. The topological polar surface area (TPSA) is 79.5 Å². The molecule has 0 aliphatic carbocycles. The summed E-state index contributed by atoms with van der Waals surface area (Å²) in [5.41, 5.74) is 0.696. The molecule has 0 bridgehead atoms. The number of benzene rings is 2. The van der Waals surface area contributed by atoms with Gasteiger partial charge in [0.1, 0.15) is 24.2 Å². The van der Waals surface area contributed by atoms with Gasteiger partial charge in [0.25, 0.3) is 0 Å². The molecule has 1 unspecified atom stereocenters. The Morgan fingerprint density at radius 1 is 1.14 bits per heavy atom. The maximum absolute atomic E-state index is 11.2. The third kappa shape index (κ3) is 4.34. The minimum Gasteiger partial charge on any atom is -0.458 e. The maximum atomic E-state index is 11.2. The van der Waals surface area contributed by atoms with Crippen LogP contribution < -0.4 is 4.74 Å². The van der Waals surface area contributed by atoms with Crippen LogP contribution in [0, 0.1) is 11.3 Å². The van der Waals surface area contributed by atoms with E-state index in [9.17, 15) is 4.79 Å². The molecule has 0 radical (unpaired) electrons. The highest BCUT2D eigenvalue weighted by atomic mass is 16.5. The molecule has 5 heteroatoms. The first-order chi connectivity index (χ1) is 10.2. The second-order valence-electron chi connectivity index (χ2n) is 4.20. The van der Waals surface area contributed by atoms with E-state index in [1.165, 1.54) is 6.07 Å².